The number of rotatable bonds is 5. The third-order valence-corrected chi connectivity index (χ3v) is 3.35. The van der Waals surface area contributed by atoms with E-state index >= 15 is 0 Å². The smallest absolute Gasteiger partial charge is 0.227 e. The van der Waals surface area contributed by atoms with Crippen LogP contribution in [0.2, 0.25) is 0 Å². The average molecular weight is 354 g/mol. The minimum atomic E-state index is -0.442. The Labute approximate surface area is 131 Å². The SMILES string of the molecule is CCCNc1nc(C)nc(Oc2ccc(Br)cc2F)c1C. The van der Waals surface area contributed by atoms with Crippen LogP contribution in [0.25, 0.3) is 0 Å². The summed E-state index contributed by atoms with van der Waals surface area (Å²) in [6.07, 6.45) is 0.986. The summed E-state index contributed by atoms with van der Waals surface area (Å²) in [6.45, 7) is 6.51. The lowest BCUT2D eigenvalue weighted by Crippen LogP contribution is -2.07. The van der Waals surface area contributed by atoms with Crippen molar-refractivity contribution in [1.29, 1.82) is 0 Å². The summed E-state index contributed by atoms with van der Waals surface area (Å²) < 4.78 is 20.1. The van der Waals surface area contributed by atoms with Crippen LogP contribution in [0.4, 0.5) is 10.2 Å². The Morgan fingerprint density at radius 3 is 2.71 bits per heavy atom. The second kappa shape index (κ2) is 6.85. The quantitative estimate of drug-likeness (QED) is 0.852. The summed E-state index contributed by atoms with van der Waals surface area (Å²) in [4.78, 5) is 8.59. The van der Waals surface area contributed by atoms with E-state index < -0.39 is 5.82 Å². The molecular formula is C15H17BrFN3O. The molecule has 0 unspecified atom stereocenters. The molecule has 0 aliphatic heterocycles. The Kier molecular flexibility index (Phi) is 5.12. The topological polar surface area (TPSA) is 47.0 Å². The normalized spacial score (nSPS) is 10.5. The van der Waals surface area contributed by atoms with Gasteiger partial charge >= 0.3 is 0 Å². The number of anilines is 1. The van der Waals surface area contributed by atoms with Crippen LogP contribution in [0.1, 0.15) is 24.7 Å². The fraction of sp³-hybridized carbons (Fsp3) is 0.333. The van der Waals surface area contributed by atoms with Crippen molar-refractivity contribution < 1.29 is 9.13 Å². The zero-order valence-corrected chi connectivity index (χ0v) is 13.8. The van der Waals surface area contributed by atoms with Gasteiger partial charge in [0.05, 0.1) is 5.56 Å². The highest BCUT2D eigenvalue weighted by Gasteiger charge is 2.13. The number of hydrogen-bond acceptors (Lipinski definition) is 4. The van der Waals surface area contributed by atoms with Crippen molar-refractivity contribution in [3.8, 4) is 11.6 Å². The average Bonchev–Trinajstić information content (AvgIpc) is 2.43. The van der Waals surface area contributed by atoms with E-state index in [4.69, 9.17) is 4.74 Å². The Hall–Kier alpha value is -1.69. The first kappa shape index (κ1) is 15.7. The molecule has 1 N–H and O–H groups in total. The molecule has 2 aromatic rings. The van der Waals surface area contributed by atoms with E-state index in [9.17, 15) is 4.39 Å². The molecule has 0 radical (unpaired) electrons. The second-order valence-corrected chi connectivity index (χ2v) is 5.57. The highest BCUT2D eigenvalue weighted by Crippen LogP contribution is 2.30. The molecule has 0 saturated heterocycles. The van der Waals surface area contributed by atoms with Crippen molar-refractivity contribution in [2.75, 3.05) is 11.9 Å². The van der Waals surface area contributed by atoms with Gasteiger partial charge in [-0.05, 0) is 38.5 Å². The molecule has 112 valence electrons. The maximum absolute atomic E-state index is 13.9. The van der Waals surface area contributed by atoms with E-state index in [-0.39, 0.29) is 5.75 Å². The molecule has 1 aromatic carbocycles. The van der Waals surface area contributed by atoms with Gasteiger partial charge in [0.1, 0.15) is 11.6 Å². The van der Waals surface area contributed by atoms with Gasteiger partial charge in [-0.15, -0.1) is 0 Å². The Balaban J connectivity index is 2.32. The van der Waals surface area contributed by atoms with E-state index in [0.717, 1.165) is 24.3 Å². The molecule has 0 fully saturated rings. The van der Waals surface area contributed by atoms with Crippen molar-refractivity contribution in [2.24, 2.45) is 0 Å². The van der Waals surface area contributed by atoms with Crippen LogP contribution in [0.15, 0.2) is 22.7 Å². The minimum Gasteiger partial charge on any atom is -0.435 e. The van der Waals surface area contributed by atoms with Gasteiger partial charge in [-0.2, -0.15) is 4.98 Å². The minimum absolute atomic E-state index is 0.140. The third kappa shape index (κ3) is 3.91. The van der Waals surface area contributed by atoms with Gasteiger partial charge in [0, 0.05) is 11.0 Å². The lowest BCUT2D eigenvalue weighted by Gasteiger charge is -2.13. The largest absolute Gasteiger partial charge is 0.435 e. The molecule has 0 bridgehead atoms. The number of benzene rings is 1. The first-order valence-corrected chi connectivity index (χ1v) is 7.52. The van der Waals surface area contributed by atoms with Crippen molar-refractivity contribution in [3.63, 3.8) is 0 Å². The Morgan fingerprint density at radius 2 is 2.05 bits per heavy atom. The molecule has 0 aliphatic carbocycles. The maximum atomic E-state index is 13.9. The van der Waals surface area contributed by atoms with Gasteiger partial charge in [0.25, 0.3) is 0 Å². The van der Waals surface area contributed by atoms with E-state index in [2.05, 4.69) is 38.1 Å². The first-order valence-electron chi connectivity index (χ1n) is 6.73. The van der Waals surface area contributed by atoms with E-state index in [0.29, 0.717) is 16.2 Å². The van der Waals surface area contributed by atoms with Gasteiger partial charge in [-0.3, -0.25) is 0 Å². The zero-order valence-electron chi connectivity index (χ0n) is 12.2. The maximum Gasteiger partial charge on any atom is 0.227 e. The molecular weight excluding hydrogens is 337 g/mol. The molecule has 0 spiro atoms. The summed E-state index contributed by atoms with van der Waals surface area (Å²) in [5, 5.41) is 3.22. The molecule has 6 heteroatoms. The predicted molar refractivity (Wildman–Crippen MR) is 84.5 cm³/mol. The van der Waals surface area contributed by atoms with Crippen molar-refractivity contribution >= 4 is 21.7 Å². The summed E-state index contributed by atoms with van der Waals surface area (Å²) in [6, 6.07) is 4.64. The van der Waals surface area contributed by atoms with Crippen molar-refractivity contribution in [3.05, 3.63) is 39.9 Å². The Bertz CT molecular complexity index is 649. The standard InChI is InChI=1S/C15H17BrFN3O/c1-4-7-18-14-9(2)15(20-10(3)19-14)21-13-6-5-11(16)8-12(13)17/h5-6,8H,4,7H2,1-3H3,(H,18,19,20). The van der Waals surface area contributed by atoms with Gasteiger partial charge in [0.15, 0.2) is 11.6 Å². The van der Waals surface area contributed by atoms with E-state index in [1.54, 1.807) is 19.1 Å². The highest BCUT2D eigenvalue weighted by molar-refractivity contribution is 9.10. The molecule has 1 heterocycles. The number of nitrogens with one attached hydrogen (secondary N) is 1. The van der Waals surface area contributed by atoms with E-state index in [1.807, 2.05) is 6.92 Å². The molecule has 0 atom stereocenters. The summed E-state index contributed by atoms with van der Waals surface area (Å²) in [5.74, 6) is 1.36. The predicted octanol–water partition coefficient (Wildman–Crippen LogP) is 4.61. The van der Waals surface area contributed by atoms with Crippen LogP contribution in [-0.4, -0.2) is 16.5 Å². The van der Waals surface area contributed by atoms with Crippen molar-refractivity contribution in [1.82, 2.24) is 9.97 Å². The molecule has 1 aromatic heterocycles. The monoisotopic (exact) mass is 353 g/mol. The van der Waals surface area contributed by atoms with Crippen LogP contribution in [0, 0.1) is 19.7 Å². The molecule has 0 aliphatic rings. The van der Waals surface area contributed by atoms with Gasteiger partial charge in [-0.25, -0.2) is 9.37 Å². The fourth-order valence-corrected chi connectivity index (χ4v) is 2.11. The number of aromatic nitrogens is 2. The highest BCUT2D eigenvalue weighted by atomic mass is 79.9. The molecule has 4 nitrogen and oxygen atoms in total. The molecule has 2 rings (SSSR count). The third-order valence-electron chi connectivity index (χ3n) is 2.86. The van der Waals surface area contributed by atoms with Crippen LogP contribution in [0.5, 0.6) is 11.6 Å². The molecule has 21 heavy (non-hydrogen) atoms. The van der Waals surface area contributed by atoms with Gasteiger partial charge < -0.3 is 10.1 Å². The number of hydrogen-bond donors (Lipinski definition) is 1. The zero-order chi connectivity index (χ0) is 15.4. The summed E-state index contributed by atoms with van der Waals surface area (Å²) >= 11 is 3.22. The number of ether oxygens (including phenoxy) is 1. The van der Waals surface area contributed by atoms with Crippen LogP contribution < -0.4 is 10.1 Å². The Morgan fingerprint density at radius 1 is 1.29 bits per heavy atom. The second-order valence-electron chi connectivity index (χ2n) is 4.65. The number of aryl methyl sites for hydroxylation is 1. The van der Waals surface area contributed by atoms with Crippen molar-refractivity contribution in [2.45, 2.75) is 27.2 Å². The lowest BCUT2D eigenvalue weighted by molar-refractivity contribution is 0.422. The summed E-state index contributed by atoms with van der Waals surface area (Å²) in [7, 11) is 0. The van der Waals surface area contributed by atoms with Crippen LogP contribution in [0.3, 0.4) is 0 Å². The molecule has 0 saturated carbocycles. The first-order chi connectivity index (χ1) is 10.0. The van der Waals surface area contributed by atoms with Crippen LogP contribution >= 0.6 is 15.9 Å². The number of nitrogens with zero attached hydrogens (tertiary/aromatic N) is 2. The fourth-order valence-electron chi connectivity index (χ4n) is 1.78. The lowest BCUT2D eigenvalue weighted by atomic mass is 10.3. The van der Waals surface area contributed by atoms with Crippen LogP contribution in [-0.2, 0) is 0 Å². The van der Waals surface area contributed by atoms with Gasteiger partial charge in [-0.1, -0.05) is 22.9 Å². The van der Waals surface area contributed by atoms with E-state index in [1.165, 1.54) is 6.07 Å². The number of halogens is 2. The van der Waals surface area contributed by atoms with Gasteiger partial charge in [0.2, 0.25) is 5.88 Å². The molecule has 0 amide bonds. The summed E-state index contributed by atoms with van der Waals surface area (Å²) in [5.41, 5.74) is 0.761.